The molecule has 1 aromatic heterocycles. The SMILES string of the molecule is O=[N+]([O-])c1cccnc1NCCN1CCN(Cc2ccccc2)CC1. The molecule has 0 unspecified atom stereocenters. The van der Waals surface area contributed by atoms with Crippen LogP contribution in [0.15, 0.2) is 48.7 Å². The zero-order valence-electron chi connectivity index (χ0n) is 14.2. The zero-order chi connectivity index (χ0) is 17.5. The summed E-state index contributed by atoms with van der Waals surface area (Å²) < 4.78 is 0. The van der Waals surface area contributed by atoms with Gasteiger partial charge in [0.15, 0.2) is 0 Å². The van der Waals surface area contributed by atoms with E-state index >= 15 is 0 Å². The highest BCUT2D eigenvalue weighted by Crippen LogP contribution is 2.19. The summed E-state index contributed by atoms with van der Waals surface area (Å²) in [5, 5.41) is 14.1. The summed E-state index contributed by atoms with van der Waals surface area (Å²) in [4.78, 5) is 19.5. The molecule has 0 amide bonds. The Morgan fingerprint density at radius 2 is 1.76 bits per heavy atom. The number of nitro groups is 1. The van der Waals surface area contributed by atoms with Crippen molar-refractivity contribution in [1.82, 2.24) is 14.8 Å². The third-order valence-electron chi connectivity index (χ3n) is 4.42. The van der Waals surface area contributed by atoms with Crippen molar-refractivity contribution >= 4 is 11.5 Å². The third kappa shape index (κ3) is 4.98. The number of hydrogen-bond acceptors (Lipinski definition) is 6. The van der Waals surface area contributed by atoms with Gasteiger partial charge < -0.3 is 5.32 Å². The van der Waals surface area contributed by atoms with E-state index in [1.54, 1.807) is 12.3 Å². The van der Waals surface area contributed by atoms with Crippen LogP contribution in [0.5, 0.6) is 0 Å². The summed E-state index contributed by atoms with van der Waals surface area (Å²) in [7, 11) is 0. The molecule has 1 aromatic carbocycles. The summed E-state index contributed by atoms with van der Waals surface area (Å²) in [5.74, 6) is 0.343. The number of nitrogens with zero attached hydrogens (tertiary/aromatic N) is 4. The van der Waals surface area contributed by atoms with Crippen LogP contribution < -0.4 is 5.32 Å². The van der Waals surface area contributed by atoms with E-state index in [-0.39, 0.29) is 5.69 Å². The minimum atomic E-state index is -0.405. The van der Waals surface area contributed by atoms with Crippen molar-refractivity contribution in [3.63, 3.8) is 0 Å². The number of anilines is 1. The van der Waals surface area contributed by atoms with E-state index in [1.165, 1.54) is 11.6 Å². The summed E-state index contributed by atoms with van der Waals surface area (Å²) in [5.41, 5.74) is 1.37. The average Bonchev–Trinajstić information content (AvgIpc) is 2.64. The largest absolute Gasteiger partial charge is 0.363 e. The smallest absolute Gasteiger partial charge is 0.311 e. The molecule has 2 heterocycles. The molecular weight excluding hydrogens is 318 g/mol. The number of rotatable bonds is 7. The zero-order valence-corrected chi connectivity index (χ0v) is 14.2. The second kappa shape index (κ2) is 8.55. The van der Waals surface area contributed by atoms with Gasteiger partial charge in [-0.2, -0.15) is 0 Å². The van der Waals surface area contributed by atoms with Crippen LogP contribution in [-0.2, 0) is 6.54 Å². The predicted molar refractivity (Wildman–Crippen MR) is 97.5 cm³/mol. The number of hydrogen-bond donors (Lipinski definition) is 1. The van der Waals surface area contributed by atoms with Crippen LogP contribution in [0.25, 0.3) is 0 Å². The molecule has 132 valence electrons. The lowest BCUT2D eigenvalue weighted by Gasteiger charge is -2.34. The molecule has 0 saturated carbocycles. The maximum atomic E-state index is 11.0. The highest BCUT2D eigenvalue weighted by molar-refractivity contribution is 5.54. The molecule has 1 aliphatic rings. The van der Waals surface area contributed by atoms with Gasteiger partial charge in [-0.1, -0.05) is 30.3 Å². The topological polar surface area (TPSA) is 74.5 Å². The molecule has 7 nitrogen and oxygen atoms in total. The molecule has 1 aliphatic heterocycles. The molecule has 1 fully saturated rings. The van der Waals surface area contributed by atoms with E-state index in [1.807, 2.05) is 6.07 Å². The van der Waals surface area contributed by atoms with E-state index in [9.17, 15) is 10.1 Å². The summed E-state index contributed by atoms with van der Waals surface area (Å²) in [6, 6.07) is 13.6. The number of aromatic nitrogens is 1. The first-order valence-corrected chi connectivity index (χ1v) is 8.54. The van der Waals surface area contributed by atoms with Crippen molar-refractivity contribution in [3.8, 4) is 0 Å². The maximum Gasteiger partial charge on any atom is 0.311 e. The lowest BCUT2D eigenvalue weighted by Crippen LogP contribution is -2.47. The Morgan fingerprint density at radius 3 is 2.48 bits per heavy atom. The highest BCUT2D eigenvalue weighted by Gasteiger charge is 2.17. The van der Waals surface area contributed by atoms with Crippen molar-refractivity contribution in [1.29, 1.82) is 0 Å². The van der Waals surface area contributed by atoms with Gasteiger partial charge in [0.25, 0.3) is 0 Å². The van der Waals surface area contributed by atoms with E-state index in [0.29, 0.717) is 12.4 Å². The normalized spacial score (nSPS) is 15.8. The van der Waals surface area contributed by atoms with Crippen molar-refractivity contribution in [3.05, 3.63) is 64.3 Å². The van der Waals surface area contributed by atoms with Gasteiger partial charge in [-0.15, -0.1) is 0 Å². The maximum absolute atomic E-state index is 11.0. The molecule has 3 rings (SSSR count). The Hall–Kier alpha value is -2.51. The second-order valence-electron chi connectivity index (χ2n) is 6.16. The molecule has 0 bridgehead atoms. The molecule has 7 heteroatoms. The Bertz CT molecular complexity index is 687. The van der Waals surface area contributed by atoms with Crippen LogP contribution in [-0.4, -0.2) is 59.0 Å². The fraction of sp³-hybridized carbons (Fsp3) is 0.389. The molecule has 0 spiro atoms. The Labute approximate surface area is 147 Å². The summed E-state index contributed by atoms with van der Waals surface area (Å²) in [6.07, 6.45) is 1.57. The number of nitrogens with one attached hydrogen (secondary N) is 1. The van der Waals surface area contributed by atoms with Crippen LogP contribution in [0.1, 0.15) is 5.56 Å². The molecule has 1 saturated heterocycles. The molecule has 0 aliphatic carbocycles. The van der Waals surface area contributed by atoms with Gasteiger partial charge in [-0.05, 0) is 11.6 Å². The van der Waals surface area contributed by atoms with E-state index in [4.69, 9.17) is 0 Å². The van der Waals surface area contributed by atoms with Crippen LogP contribution >= 0.6 is 0 Å². The van der Waals surface area contributed by atoms with E-state index < -0.39 is 4.92 Å². The van der Waals surface area contributed by atoms with Crippen LogP contribution in [0.3, 0.4) is 0 Å². The molecule has 25 heavy (non-hydrogen) atoms. The van der Waals surface area contributed by atoms with Crippen molar-refractivity contribution in [2.45, 2.75) is 6.54 Å². The Balaban J connectivity index is 1.40. The Kier molecular flexibility index (Phi) is 5.92. The highest BCUT2D eigenvalue weighted by atomic mass is 16.6. The first kappa shape index (κ1) is 17.3. The first-order chi connectivity index (χ1) is 12.2. The fourth-order valence-corrected chi connectivity index (χ4v) is 3.03. The lowest BCUT2D eigenvalue weighted by atomic mass is 10.2. The number of benzene rings is 1. The van der Waals surface area contributed by atoms with Crippen LogP contribution in [0.4, 0.5) is 11.5 Å². The number of piperazine rings is 1. The lowest BCUT2D eigenvalue weighted by molar-refractivity contribution is -0.384. The van der Waals surface area contributed by atoms with Gasteiger partial charge in [0.05, 0.1) is 4.92 Å². The monoisotopic (exact) mass is 341 g/mol. The van der Waals surface area contributed by atoms with Gasteiger partial charge >= 0.3 is 5.69 Å². The quantitative estimate of drug-likeness (QED) is 0.615. The molecule has 2 aromatic rings. The first-order valence-electron chi connectivity index (χ1n) is 8.54. The van der Waals surface area contributed by atoms with E-state index in [0.717, 1.165) is 39.3 Å². The summed E-state index contributed by atoms with van der Waals surface area (Å²) in [6.45, 7) is 6.60. The average molecular weight is 341 g/mol. The van der Waals surface area contributed by atoms with Crippen LogP contribution in [0, 0.1) is 10.1 Å². The number of pyridine rings is 1. The minimum Gasteiger partial charge on any atom is -0.363 e. The summed E-state index contributed by atoms with van der Waals surface area (Å²) >= 11 is 0. The predicted octanol–water partition coefficient (Wildman–Crippen LogP) is 2.22. The Morgan fingerprint density at radius 1 is 1.04 bits per heavy atom. The van der Waals surface area contributed by atoms with Gasteiger partial charge in [-0.25, -0.2) is 4.98 Å². The van der Waals surface area contributed by atoms with Gasteiger partial charge in [-0.3, -0.25) is 19.9 Å². The second-order valence-corrected chi connectivity index (χ2v) is 6.16. The van der Waals surface area contributed by atoms with E-state index in [2.05, 4.69) is 44.4 Å². The standard InChI is InChI=1S/C18H23N5O2/c24-23(25)17-7-4-8-19-18(17)20-9-10-21-11-13-22(14-12-21)15-16-5-2-1-3-6-16/h1-8H,9-15H2,(H,19,20). The van der Waals surface area contributed by atoms with Crippen molar-refractivity contribution in [2.75, 3.05) is 44.6 Å². The minimum absolute atomic E-state index is 0.0233. The van der Waals surface area contributed by atoms with Crippen molar-refractivity contribution < 1.29 is 4.92 Å². The molecule has 1 N–H and O–H groups in total. The van der Waals surface area contributed by atoms with Crippen molar-refractivity contribution in [2.24, 2.45) is 0 Å². The van der Waals surface area contributed by atoms with Crippen LogP contribution in [0.2, 0.25) is 0 Å². The fourth-order valence-electron chi connectivity index (χ4n) is 3.03. The molecular formula is C18H23N5O2. The molecule has 0 atom stereocenters. The van der Waals surface area contributed by atoms with Gasteiger partial charge in [0.2, 0.25) is 5.82 Å². The third-order valence-corrected chi connectivity index (χ3v) is 4.42. The molecule has 0 radical (unpaired) electrons. The van der Waals surface area contributed by atoms with Gasteiger partial charge in [0, 0.05) is 58.1 Å². The van der Waals surface area contributed by atoms with Gasteiger partial charge in [0.1, 0.15) is 0 Å².